The Hall–Kier alpha value is -2.94. The van der Waals surface area contributed by atoms with Gasteiger partial charge >= 0.3 is 0 Å². The molecule has 0 spiro atoms. The summed E-state index contributed by atoms with van der Waals surface area (Å²) in [5, 5.41) is 25.5. The fraction of sp³-hybridized carbons (Fsp3) is 0.375. The van der Waals surface area contributed by atoms with Crippen molar-refractivity contribution in [1.82, 2.24) is 19.5 Å². The highest BCUT2D eigenvalue weighted by atomic mass is 35.5. The third-order valence-corrected chi connectivity index (χ3v) is 8.02. The quantitative estimate of drug-likeness (QED) is 0.360. The van der Waals surface area contributed by atoms with Gasteiger partial charge in [0.15, 0.2) is 5.72 Å². The van der Waals surface area contributed by atoms with E-state index in [1.807, 2.05) is 31.2 Å². The van der Waals surface area contributed by atoms with Gasteiger partial charge in [-0.15, -0.1) is 0 Å². The Kier molecular flexibility index (Phi) is 4.83. The van der Waals surface area contributed by atoms with E-state index in [1.165, 1.54) is 6.33 Å². The lowest BCUT2D eigenvalue weighted by molar-refractivity contribution is -0.207. The maximum absolute atomic E-state index is 11.8. The largest absolute Gasteiger partial charge is 0.385 e. The topological polar surface area (TPSA) is 136 Å². The molecule has 1 fully saturated rings. The molecule has 3 atom stereocenters. The van der Waals surface area contributed by atoms with Crippen molar-refractivity contribution in [3.8, 4) is 0 Å². The Balaban J connectivity index is 1.44. The van der Waals surface area contributed by atoms with Crippen LogP contribution in [-0.2, 0) is 12.1 Å². The summed E-state index contributed by atoms with van der Waals surface area (Å²) in [6, 6.07) is 9.60. The highest BCUT2D eigenvalue weighted by Gasteiger charge is 2.63. The van der Waals surface area contributed by atoms with Gasteiger partial charge in [0.05, 0.1) is 15.9 Å². The van der Waals surface area contributed by atoms with Crippen LogP contribution >= 0.6 is 11.6 Å². The second-order valence-electron chi connectivity index (χ2n) is 9.51. The number of fused-ring (bicyclic) bond motifs is 2. The van der Waals surface area contributed by atoms with Crippen LogP contribution in [0, 0.1) is 5.41 Å². The number of aliphatic hydroxyl groups is 2. The number of hydrogen-bond donors (Lipinski definition) is 4. The van der Waals surface area contributed by atoms with Crippen molar-refractivity contribution in [2.75, 3.05) is 11.5 Å². The number of halogens is 1. The van der Waals surface area contributed by atoms with Gasteiger partial charge in [0, 0.05) is 17.0 Å². The molecule has 1 aromatic carbocycles. The van der Waals surface area contributed by atoms with Crippen molar-refractivity contribution in [1.29, 1.82) is 0 Å². The van der Waals surface area contributed by atoms with Crippen LogP contribution in [0.4, 0.5) is 11.6 Å². The van der Waals surface area contributed by atoms with Crippen molar-refractivity contribution in [3.05, 3.63) is 53.4 Å². The number of aryl methyl sites for hydroxylation is 1. The van der Waals surface area contributed by atoms with E-state index in [4.69, 9.17) is 23.1 Å². The summed E-state index contributed by atoms with van der Waals surface area (Å²) in [4.78, 5) is 12.7. The smallest absolute Gasteiger partial charge is 0.172 e. The standard InChI is InChI=1S/C24H27ClN6O2/c1-22(7-5-14-3-4-15-12-17(25)20(27)30-18(15)11-14)8-9-24(33,23(22,2)32)31-10-6-16-19(26)28-13-29-21(16)31/h3-4,6,10-13,32-33H,5,7-9H2,1-2H3,(H2,27,30)(H2,26,28,29)/t22-,23+,24-/m0/s1. The Bertz CT molecular complexity index is 1390. The molecular formula is C24H27ClN6O2. The Morgan fingerprint density at radius 2 is 1.85 bits per heavy atom. The highest BCUT2D eigenvalue weighted by Crippen LogP contribution is 2.57. The van der Waals surface area contributed by atoms with Crippen molar-refractivity contribution in [2.24, 2.45) is 5.41 Å². The number of nitrogen functional groups attached to an aromatic ring is 2. The summed E-state index contributed by atoms with van der Waals surface area (Å²) in [5.74, 6) is 0.648. The van der Waals surface area contributed by atoms with Gasteiger partial charge < -0.3 is 26.2 Å². The molecule has 0 amide bonds. The normalized spacial score (nSPS) is 27.5. The molecule has 1 saturated carbocycles. The fourth-order valence-electron chi connectivity index (χ4n) is 5.19. The molecule has 1 aliphatic rings. The van der Waals surface area contributed by atoms with Crippen LogP contribution in [-0.4, -0.2) is 35.3 Å². The number of nitrogens with two attached hydrogens (primary N) is 2. The van der Waals surface area contributed by atoms with E-state index in [-0.39, 0.29) is 0 Å². The Morgan fingerprint density at radius 1 is 1.06 bits per heavy atom. The third-order valence-electron chi connectivity index (χ3n) is 7.72. The maximum atomic E-state index is 11.8. The van der Waals surface area contributed by atoms with Gasteiger partial charge in [-0.05, 0) is 56.4 Å². The molecule has 0 saturated heterocycles. The minimum Gasteiger partial charge on any atom is -0.385 e. The van der Waals surface area contributed by atoms with E-state index in [1.54, 1.807) is 23.8 Å². The first-order chi connectivity index (χ1) is 15.6. The molecule has 9 heteroatoms. The van der Waals surface area contributed by atoms with Crippen LogP contribution < -0.4 is 11.5 Å². The van der Waals surface area contributed by atoms with Gasteiger partial charge in [0.25, 0.3) is 0 Å². The molecule has 3 heterocycles. The minimum absolute atomic E-state index is 0.306. The van der Waals surface area contributed by atoms with Crippen LogP contribution in [0.2, 0.25) is 5.02 Å². The summed E-state index contributed by atoms with van der Waals surface area (Å²) in [6.07, 6.45) is 5.51. The monoisotopic (exact) mass is 466 g/mol. The first-order valence-electron chi connectivity index (χ1n) is 10.9. The molecular weight excluding hydrogens is 440 g/mol. The maximum Gasteiger partial charge on any atom is 0.172 e. The van der Waals surface area contributed by atoms with Crippen molar-refractivity contribution >= 4 is 45.2 Å². The molecule has 172 valence electrons. The van der Waals surface area contributed by atoms with Gasteiger partial charge in [-0.25, -0.2) is 15.0 Å². The summed E-state index contributed by atoms with van der Waals surface area (Å²) in [6.45, 7) is 3.73. The number of pyridine rings is 1. The molecule has 0 aliphatic heterocycles. The van der Waals surface area contributed by atoms with Crippen molar-refractivity contribution < 1.29 is 10.2 Å². The average molecular weight is 467 g/mol. The van der Waals surface area contributed by atoms with Crippen molar-refractivity contribution in [2.45, 2.75) is 50.9 Å². The van der Waals surface area contributed by atoms with E-state index in [0.29, 0.717) is 53.4 Å². The molecule has 1 aliphatic carbocycles. The lowest BCUT2D eigenvalue weighted by Crippen LogP contribution is -2.56. The van der Waals surface area contributed by atoms with Gasteiger partial charge in [-0.2, -0.15) is 0 Å². The molecule has 8 nitrogen and oxygen atoms in total. The average Bonchev–Trinajstić information content (AvgIpc) is 3.29. The van der Waals surface area contributed by atoms with E-state index in [2.05, 4.69) is 15.0 Å². The summed E-state index contributed by atoms with van der Waals surface area (Å²) in [7, 11) is 0. The molecule has 6 N–H and O–H groups in total. The molecule has 3 aromatic heterocycles. The SMILES string of the molecule is C[C@]1(CCc2ccc3cc(Cl)c(N)nc3c2)CC[C@@](O)(n2ccc3c(N)ncnc32)[C@]1(C)O. The predicted molar refractivity (Wildman–Crippen MR) is 130 cm³/mol. The molecule has 5 rings (SSSR count). The van der Waals surface area contributed by atoms with Crippen LogP contribution in [0.1, 0.15) is 38.7 Å². The van der Waals surface area contributed by atoms with E-state index in [9.17, 15) is 10.2 Å². The predicted octanol–water partition coefficient (Wildman–Crippen LogP) is 3.63. The summed E-state index contributed by atoms with van der Waals surface area (Å²) >= 11 is 6.08. The van der Waals surface area contributed by atoms with Gasteiger partial charge in [0.2, 0.25) is 0 Å². The molecule has 0 unspecified atom stereocenters. The molecule has 0 radical (unpaired) electrons. The number of hydrogen-bond acceptors (Lipinski definition) is 7. The van der Waals surface area contributed by atoms with Gasteiger partial charge in [0.1, 0.15) is 29.2 Å². The van der Waals surface area contributed by atoms with Crippen molar-refractivity contribution in [3.63, 3.8) is 0 Å². The molecule has 4 aromatic rings. The highest BCUT2D eigenvalue weighted by molar-refractivity contribution is 6.33. The lowest BCUT2D eigenvalue weighted by Gasteiger charge is -2.45. The van der Waals surface area contributed by atoms with E-state index < -0.39 is 16.7 Å². The molecule has 0 bridgehead atoms. The zero-order chi connectivity index (χ0) is 23.6. The Morgan fingerprint density at radius 3 is 2.64 bits per heavy atom. The van der Waals surface area contributed by atoms with E-state index >= 15 is 0 Å². The second kappa shape index (κ2) is 7.28. The zero-order valence-electron chi connectivity index (χ0n) is 18.6. The molecule has 33 heavy (non-hydrogen) atoms. The number of aromatic nitrogens is 4. The second-order valence-corrected chi connectivity index (χ2v) is 9.92. The van der Waals surface area contributed by atoms with Crippen LogP contribution in [0.5, 0.6) is 0 Å². The number of anilines is 2. The minimum atomic E-state index is -1.53. The van der Waals surface area contributed by atoms with E-state index in [0.717, 1.165) is 16.5 Å². The number of nitrogens with zero attached hydrogens (tertiary/aromatic N) is 4. The number of rotatable bonds is 4. The first-order valence-corrected chi connectivity index (χ1v) is 11.3. The number of benzene rings is 1. The Labute approximate surface area is 196 Å². The summed E-state index contributed by atoms with van der Waals surface area (Å²) < 4.78 is 1.64. The summed E-state index contributed by atoms with van der Waals surface area (Å²) in [5.41, 5.74) is 10.7. The van der Waals surface area contributed by atoms with Gasteiger partial charge in [-0.1, -0.05) is 30.7 Å². The van der Waals surface area contributed by atoms with Gasteiger partial charge in [-0.3, -0.25) is 0 Å². The lowest BCUT2D eigenvalue weighted by atomic mass is 9.71. The first kappa shape index (κ1) is 21.9. The fourth-order valence-corrected chi connectivity index (χ4v) is 5.35. The van der Waals surface area contributed by atoms with Crippen LogP contribution in [0.25, 0.3) is 21.9 Å². The van der Waals surface area contributed by atoms with Crippen LogP contribution in [0.3, 0.4) is 0 Å². The van der Waals surface area contributed by atoms with Crippen LogP contribution in [0.15, 0.2) is 42.9 Å². The zero-order valence-corrected chi connectivity index (χ0v) is 19.3. The third kappa shape index (κ3) is 3.16.